The van der Waals surface area contributed by atoms with E-state index in [2.05, 4.69) is 206 Å². The Morgan fingerprint density at radius 2 is 0.434 bits per heavy atom. The standard InChI is InChI=1S/C53H36/c1-5-13-42-30-46(21-17-38(42)9-1)50-26-36(27-51(34-50)47-22-18-39-10-2-6-14-43(39)31-47)25-37-28-52(48-23-19-40-11-3-7-15-44(40)32-48)35-53(29-37)49-24-20-41-12-4-8-16-45(41)33-49/h1-24,26-35H,25H2. The molecule has 248 valence electrons. The quantitative estimate of drug-likeness (QED) is 0.165. The Bertz CT molecular complexity index is 2580. The second-order valence-corrected chi connectivity index (χ2v) is 14.3. The van der Waals surface area contributed by atoms with Gasteiger partial charge in [-0.05, 0) is 142 Å². The number of hydrogen-bond donors (Lipinski definition) is 0. The third-order valence-electron chi connectivity index (χ3n) is 10.7. The predicted octanol–water partition coefficient (Wildman–Crippen LogP) is 14.6. The van der Waals surface area contributed by atoms with Crippen molar-refractivity contribution in [1.82, 2.24) is 0 Å². The lowest BCUT2D eigenvalue weighted by Gasteiger charge is -2.15. The zero-order valence-electron chi connectivity index (χ0n) is 29.3. The molecule has 0 nitrogen and oxygen atoms in total. The number of fused-ring (bicyclic) bond motifs is 4. The molecule has 0 heteroatoms. The van der Waals surface area contributed by atoms with Gasteiger partial charge in [0.15, 0.2) is 0 Å². The van der Waals surface area contributed by atoms with E-state index in [1.54, 1.807) is 0 Å². The normalized spacial score (nSPS) is 11.5. The molecule has 0 atom stereocenters. The maximum Gasteiger partial charge on any atom is -0.00249 e. The van der Waals surface area contributed by atoms with E-state index in [0.29, 0.717) is 0 Å². The number of hydrogen-bond acceptors (Lipinski definition) is 0. The molecule has 0 saturated carbocycles. The topological polar surface area (TPSA) is 0 Å². The molecule has 0 unspecified atom stereocenters. The highest BCUT2D eigenvalue weighted by Gasteiger charge is 2.12. The molecular weight excluding hydrogens is 637 g/mol. The minimum atomic E-state index is 0.810. The Kier molecular flexibility index (Phi) is 7.66. The molecule has 53 heavy (non-hydrogen) atoms. The number of rotatable bonds is 6. The van der Waals surface area contributed by atoms with E-state index in [9.17, 15) is 0 Å². The van der Waals surface area contributed by atoms with Gasteiger partial charge in [-0.2, -0.15) is 0 Å². The summed E-state index contributed by atoms with van der Waals surface area (Å²) in [5.74, 6) is 0. The van der Waals surface area contributed by atoms with Crippen LogP contribution in [0.3, 0.4) is 0 Å². The molecular formula is C53H36. The van der Waals surface area contributed by atoms with Crippen LogP contribution < -0.4 is 0 Å². The van der Waals surface area contributed by atoms with E-state index < -0.39 is 0 Å². The van der Waals surface area contributed by atoms with Gasteiger partial charge in [0.2, 0.25) is 0 Å². The third kappa shape index (κ3) is 6.15. The molecule has 10 aromatic rings. The van der Waals surface area contributed by atoms with Gasteiger partial charge in [0.25, 0.3) is 0 Å². The lowest BCUT2D eigenvalue weighted by molar-refractivity contribution is 1.20. The highest BCUT2D eigenvalue weighted by molar-refractivity contribution is 5.92. The van der Waals surface area contributed by atoms with E-state index in [0.717, 1.165) is 6.42 Å². The molecule has 0 aliphatic rings. The average Bonchev–Trinajstić information content (AvgIpc) is 3.22. The monoisotopic (exact) mass is 672 g/mol. The van der Waals surface area contributed by atoms with Crippen LogP contribution in [0, 0.1) is 0 Å². The molecule has 0 heterocycles. The minimum Gasteiger partial charge on any atom is -0.0616 e. The van der Waals surface area contributed by atoms with Crippen molar-refractivity contribution in [3.05, 3.63) is 217 Å². The SMILES string of the molecule is c1ccc2cc(-c3cc(Cc4cc(-c5ccc6ccccc6c5)cc(-c5ccc6ccccc6c5)c4)cc(-c4ccc5ccccc5c4)c3)ccc2c1. The van der Waals surface area contributed by atoms with Crippen LogP contribution in [0.25, 0.3) is 87.6 Å². The van der Waals surface area contributed by atoms with E-state index in [1.807, 2.05) is 0 Å². The summed E-state index contributed by atoms with van der Waals surface area (Å²) in [6.45, 7) is 0. The first kappa shape index (κ1) is 31.0. The van der Waals surface area contributed by atoms with Gasteiger partial charge < -0.3 is 0 Å². The van der Waals surface area contributed by atoms with E-state index in [4.69, 9.17) is 0 Å². The van der Waals surface area contributed by atoms with Gasteiger partial charge in [-0.3, -0.25) is 0 Å². The maximum absolute atomic E-state index is 2.40. The van der Waals surface area contributed by atoms with Crippen LogP contribution >= 0.6 is 0 Å². The molecule has 0 aliphatic carbocycles. The fourth-order valence-corrected chi connectivity index (χ4v) is 7.97. The Hall–Kier alpha value is -6.76. The highest BCUT2D eigenvalue weighted by Crippen LogP contribution is 2.36. The van der Waals surface area contributed by atoms with Crippen molar-refractivity contribution < 1.29 is 0 Å². The summed E-state index contributed by atoms with van der Waals surface area (Å²) in [6, 6.07) is 76.2. The van der Waals surface area contributed by atoms with Crippen molar-refractivity contribution in [3.63, 3.8) is 0 Å². The van der Waals surface area contributed by atoms with Crippen molar-refractivity contribution in [2.45, 2.75) is 6.42 Å². The second-order valence-electron chi connectivity index (χ2n) is 14.3. The largest absolute Gasteiger partial charge is 0.0616 e. The summed E-state index contributed by atoms with van der Waals surface area (Å²) in [5, 5.41) is 10.1. The van der Waals surface area contributed by atoms with E-state index >= 15 is 0 Å². The molecule has 0 amide bonds. The molecule has 0 aliphatic heterocycles. The van der Waals surface area contributed by atoms with Crippen LogP contribution in [0.2, 0.25) is 0 Å². The zero-order chi connectivity index (χ0) is 35.1. The van der Waals surface area contributed by atoms with Gasteiger partial charge in [0, 0.05) is 0 Å². The van der Waals surface area contributed by atoms with Crippen LogP contribution in [0.4, 0.5) is 0 Å². The van der Waals surface area contributed by atoms with Gasteiger partial charge in [-0.15, -0.1) is 0 Å². The lowest BCUT2D eigenvalue weighted by Crippen LogP contribution is -1.94. The summed E-state index contributed by atoms with van der Waals surface area (Å²) < 4.78 is 0. The molecule has 10 aromatic carbocycles. The summed E-state index contributed by atoms with van der Waals surface area (Å²) in [5.41, 5.74) is 12.4. The van der Waals surface area contributed by atoms with Crippen LogP contribution in [-0.4, -0.2) is 0 Å². The van der Waals surface area contributed by atoms with Gasteiger partial charge in [-0.1, -0.05) is 170 Å². The second kappa shape index (κ2) is 13.1. The van der Waals surface area contributed by atoms with Crippen LogP contribution in [0.15, 0.2) is 206 Å². The molecule has 0 bridgehead atoms. The number of benzene rings is 10. The van der Waals surface area contributed by atoms with Crippen molar-refractivity contribution in [2.75, 3.05) is 0 Å². The third-order valence-corrected chi connectivity index (χ3v) is 10.7. The van der Waals surface area contributed by atoms with Crippen molar-refractivity contribution >= 4 is 43.1 Å². The highest BCUT2D eigenvalue weighted by atomic mass is 14.2. The first-order chi connectivity index (χ1) is 26.2. The average molecular weight is 673 g/mol. The summed E-state index contributed by atoms with van der Waals surface area (Å²) in [6.07, 6.45) is 0.810. The molecule has 0 saturated heterocycles. The zero-order valence-corrected chi connectivity index (χ0v) is 29.3. The predicted molar refractivity (Wildman–Crippen MR) is 227 cm³/mol. The van der Waals surface area contributed by atoms with Crippen molar-refractivity contribution in [2.24, 2.45) is 0 Å². The molecule has 0 spiro atoms. The minimum absolute atomic E-state index is 0.810. The van der Waals surface area contributed by atoms with E-state index in [-0.39, 0.29) is 0 Å². The molecule has 0 fully saturated rings. The van der Waals surface area contributed by atoms with Gasteiger partial charge in [0.05, 0.1) is 0 Å². The van der Waals surface area contributed by atoms with Crippen LogP contribution in [0.5, 0.6) is 0 Å². The van der Waals surface area contributed by atoms with Crippen molar-refractivity contribution in [3.8, 4) is 44.5 Å². The maximum atomic E-state index is 2.40. The molecule has 0 radical (unpaired) electrons. The smallest absolute Gasteiger partial charge is 0.00249 e. The first-order valence-corrected chi connectivity index (χ1v) is 18.4. The lowest BCUT2D eigenvalue weighted by atomic mass is 9.89. The Balaban J connectivity index is 1.13. The molecule has 0 aromatic heterocycles. The van der Waals surface area contributed by atoms with Crippen molar-refractivity contribution in [1.29, 1.82) is 0 Å². The summed E-state index contributed by atoms with van der Waals surface area (Å²) in [7, 11) is 0. The summed E-state index contributed by atoms with van der Waals surface area (Å²) in [4.78, 5) is 0. The van der Waals surface area contributed by atoms with Gasteiger partial charge in [-0.25, -0.2) is 0 Å². The Morgan fingerprint density at radius 1 is 0.189 bits per heavy atom. The Morgan fingerprint density at radius 3 is 0.698 bits per heavy atom. The van der Waals surface area contributed by atoms with Crippen LogP contribution in [0.1, 0.15) is 11.1 Å². The molecule has 10 rings (SSSR count). The van der Waals surface area contributed by atoms with Crippen LogP contribution in [-0.2, 0) is 6.42 Å². The Labute approximate surface area is 310 Å². The van der Waals surface area contributed by atoms with Gasteiger partial charge in [0.1, 0.15) is 0 Å². The van der Waals surface area contributed by atoms with Gasteiger partial charge >= 0.3 is 0 Å². The van der Waals surface area contributed by atoms with E-state index in [1.165, 1.54) is 98.7 Å². The fraction of sp³-hybridized carbons (Fsp3) is 0.0189. The molecule has 0 N–H and O–H groups in total. The summed E-state index contributed by atoms with van der Waals surface area (Å²) >= 11 is 0. The first-order valence-electron chi connectivity index (χ1n) is 18.4. The fourth-order valence-electron chi connectivity index (χ4n) is 7.97.